The van der Waals surface area contributed by atoms with Crippen molar-refractivity contribution >= 4 is 61.3 Å². The molecule has 32 heavy (non-hydrogen) atoms. The van der Waals surface area contributed by atoms with Crippen LogP contribution in [0.25, 0.3) is 0 Å². The van der Waals surface area contributed by atoms with Gasteiger partial charge in [-0.2, -0.15) is 0 Å². The number of aliphatic imine (C=N–C) groups is 1. The van der Waals surface area contributed by atoms with E-state index in [4.69, 9.17) is 27.9 Å². The smallest absolute Gasteiger partial charge is 0.148 e. The molecule has 0 spiro atoms. The number of rotatable bonds is 15. The van der Waals surface area contributed by atoms with Gasteiger partial charge in [0.1, 0.15) is 12.4 Å². The second-order valence-electron chi connectivity index (χ2n) is 8.07. The zero-order valence-electron chi connectivity index (χ0n) is 18.8. The van der Waals surface area contributed by atoms with Crippen LogP contribution in [0.2, 0.25) is 10.0 Å². The molecule has 0 aliphatic rings. The molecule has 0 atom stereocenters. The maximum absolute atomic E-state index is 6.08. The Morgan fingerprint density at radius 1 is 0.812 bits per heavy atom. The molecule has 0 amide bonds. The summed E-state index contributed by atoms with van der Waals surface area (Å²) < 4.78 is 7.74. The van der Waals surface area contributed by atoms with Gasteiger partial charge in [-0.15, -0.1) is 0 Å². The van der Waals surface area contributed by atoms with E-state index in [2.05, 4.69) is 43.8 Å². The average molecular weight is 606 g/mol. The summed E-state index contributed by atoms with van der Waals surface area (Å²) >= 11 is 19.3. The van der Waals surface area contributed by atoms with Gasteiger partial charge in [0.15, 0.2) is 0 Å². The van der Waals surface area contributed by atoms with Crippen LogP contribution in [-0.4, -0.2) is 12.8 Å². The third-order valence-electron chi connectivity index (χ3n) is 5.27. The highest BCUT2D eigenvalue weighted by Gasteiger charge is 2.09. The number of hydrogen-bond donors (Lipinski definition) is 0. The van der Waals surface area contributed by atoms with Crippen molar-refractivity contribution in [1.29, 1.82) is 0 Å². The summed E-state index contributed by atoms with van der Waals surface area (Å²) in [5.74, 6) is 0.753. The molecule has 0 saturated carbocycles. The van der Waals surface area contributed by atoms with Crippen molar-refractivity contribution in [2.75, 3.05) is 6.54 Å². The SMILES string of the molecule is CCCCCCCCCCCC/N=C/c1cc(Br)c(OCc2ccc(Cl)c(Cl)c2)c(Br)c1. The van der Waals surface area contributed by atoms with Gasteiger partial charge in [-0.3, -0.25) is 4.99 Å². The third kappa shape index (κ3) is 10.6. The van der Waals surface area contributed by atoms with E-state index in [-0.39, 0.29) is 0 Å². The van der Waals surface area contributed by atoms with Gasteiger partial charge in [-0.1, -0.05) is 94.0 Å². The highest BCUT2D eigenvalue weighted by atomic mass is 79.9. The van der Waals surface area contributed by atoms with Crippen LogP contribution in [0.1, 0.15) is 82.3 Å². The van der Waals surface area contributed by atoms with E-state index < -0.39 is 0 Å². The van der Waals surface area contributed by atoms with E-state index in [1.165, 1.54) is 57.8 Å². The maximum atomic E-state index is 6.08. The van der Waals surface area contributed by atoms with Gasteiger partial charge < -0.3 is 4.74 Å². The summed E-state index contributed by atoms with van der Waals surface area (Å²) in [5, 5.41) is 1.07. The largest absolute Gasteiger partial charge is 0.487 e. The minimum absolute atomic E-state index is 0.403. The van der Waals surface area contributed by atoms with Gasteiger partial charge in [0.2, 0.25) is 0 Å². The summed E-state index contributed by atoms with van der Waals surface area (Å²) in [5.41, 5.74) is 2.00. The summed E-state index contributed by atoms with van der Waals surface area (Å²) in [6.45, 7) is 3.55. The molecule has 0 aliphatic carbocycles. The first-order chi connectivity index (χ1) is 15.5. The van der Waals surface area contributed by atoms with E-state index in [1.54, 1.807) is 6.07 Å². The second kappa shape index (κ2) is 16.1. The fourth-order valence-electron chi connectivity index (χ4n) is 3.44. The van der Waals surface area contributed by atoms with Crippen molar-refractivity contribution in [1.82, 2.24) is 0 Å². The monoisotopic (exact) mass is 603 g/mol. The van der Waals surface area contributed by atoms with Gasteiger partial charge in [-0.05, 0) is 73.7 Å². The Kier molecular flexibility index (Phi) is 14.0. The molecule has 2 aromatic carbocycles. The first-order valence-electron chi connectivity index (χ1n) is 11.6. The van der Waals surface area contributed by atoms with Gasteiger partial charge in [0.25, 0.3) is 0 Å². The number of unbranched alkanes of at least 4 members (excludes halogenated alkanes) is 9. The minimum Gasteiger partial charge on any atom is -0.487 e. The van der Waals surface area contributed by atoms with E-state index >= 15 is 0 Å². The lowest BCUT2D eigenvalue weighted by atomic mass is 10.1. The number of benzene rings is 2. The van der Waals surface area contributed by atoms with E-state index in [1.807, 2.05) is 30.5 Å². The van der Waals surface area contributed by atoms with Crippen molar-refractivity contribution < 1.29 is 4.74 Å². The highest BCUT2D eigenvalue weighted by Crippen LogP contribution is 2.35. The van der Waals surface area contributed by atoms with Crippen LogP contribution in [-0.2, 0) is 6.61 Å². The van der Waals surface area contributed by atoms with Crippen molar-refractivity contribution in [3.05, 3.63) is 60.4 Å². The van der Waals surface area contributed by atoms with E-state index in [0.29, 0.717) is 16.7 Å². The van der Waals surface area contributed by atoms with Crippen LogP contribution < -0.4 is 4.74 Å². The van der Waals surface area contributed by atoms with E-state index in [9.17, 15) is 0 Å². The Labute approximate surface area is 220 Å². The summed E-state index contributed by atoms with van der Waals surface area (Å²) in [6, 6.07) is 9.56. The van der Waals surface area contributed by atoms with Crippen molar-refractivity contribution in [2.45, 2.75) is 77.7 Å². The Balaban J connectivity index is 1.69. The molecule has 6 heteroatoms. The van der Waals surface area contributed by atoms with Crippen LogP contribution in [0.15, 0.2) is 44.3 Å². The molecule has 0 aromatic heterocycles. The quantitative estimate of drug-likeness (QED) is 0.146. The van der Waals surface area contributed by atoms with Gasteiger partial charge in [-0.25, -0.2) is 0 Å². The summed E-state index contributed by atoms with van der Waals surface area (Å²) in [4.78, 5) is 4.60. The van der Waals surface area contributed by atoms with Crippen molar-refractivity contribution in [2.24, 2.45) is 4.99 Å². The molecule has 2 nitrogen and oxygen atoms in total. The minimum atomic E-state index is 0.403. The number of ether oxygens (including phenoxy) is 1. The number of nitrogens with zero attached hydrogens (tertiary/aromatic N) is 1. The predicted molar refractivity (Wildman–Crippen MR) is 147 cm³/mol. The Morgan fingerprint density at radius 2 is 1.41 bits per heavy atom. The topological polar surface area (TPSA) is 21.6 Å². The number of hydrogen-bond acceptors (Lipinski definition) is 2. The molecule has 0 fully saturated rings. The van der Waals surface area contributed by atoms with Gasteiger partial charge >= 0.3 is 0 Å². The fourth-order valence-corrected chi connectivity index (χ4v) is 5.21. The first kappa shape index (κ1) is 27.7. The molecule has 0 N–H and O–H groups in total. The van der Waals surface area contributed by atoms with Crippen LogP contribution in [0, 0.1) is 0 Å². The van der Waals surface area contributed by atoms with Crippen LogP contribution in [0.5, 0.6) is 5.75 Å². The van der Waals surface area contributed by atoms with Crippen molar-refractivity contribution in [3.63, 3.8) is 0 Å². The Hall–Kier alpha value is -0.550. The Bertz CT molecular complexity index is 835. The van der Waals surface area contributed by atoms with Crippen molar-refractivity contribution in [3.8, 4) is 5.75 Å². The second-order valence-corrected chi connectivity index (χ2v) is 10.6. The first-order valence-corrected chi connectivity index (χ1v) is 13.9. The van der Waals surface area contributed by atoms with Crippen LogP contribution in [0.4, 0.5) is 0 Å². The van der Waals surface area contributed by atoms with Crippen LogP contribution in [0.3, 0.4) is 0 Å². The zero-order chi connectivity index (χ0) is 23.2. The molecule has 0 aliphatic heterocycles. The van der Waals surface area contributed by atoms with Gasteiger partial charge in [0.05, 0.1) is 19.0 Å². The molecule has 0 unspecified atom stereocenters. The lowest BCUT2D eigenvalue weighted by Crippen LogP contribution is -1.98. The lowest BCUT2D eigenvalue weighted by Gasteiger charge is -2.12. The molecule has 2 aromatic rings. The summed E-state index contributed by atoms with van der Waals surface area (Å²) in [6.07, 6.45) is 15.3. The highest BCUT2D eigenvalue weighted by molar-refractivity contribution is 9.11. The molecule has 2 rings (SSSR count). The number of halogens is 4. The Morgan fingerprint density at radius 3 is 2.00 bits per heavy atom. The predicted octanol–water partition coefficient (Wildman–Crippen LogP) is 10.4. The molecule has 0 bridgehead atoms. The third-order valence-corrected chi connectivity index (χ3v) is 7.19. The standard InChI is InChI=1S/C26H33Br2Cl2NO/c1-2-3-4-5-6-7-8-9-10-11-14-31-18-21-15-22(27)26(23(28)16-21)32-19-20-12-13-24(29)25(30)17-20/h12-13,15-18H,2-11,14,19H2,1H3/b31-18+. The van der Waals surface area contributed by atoms with Gasteiger partial charge in [0, 0.05) is 12.8 Å². The summed E-state index contributed by atoms with van der Waals surface area (Å²) in [7, 11) is 0. The lowest BCUT2D eigenvalue weighted by molar-refractivity contribution is 0.302. The van der Waals surface area contributed by atoms with E-state index in [0.717, 1.165) is 38.8 Å². The molecule has 176 valence electrons. The zero-order valence-corrected chi connectivity index (χ0v) is 23.5. The molecular formula is C26H33Br2Cl2NO. The average Bonchev–Trinajstić information content (AvgIpc) is 2.76. The molecule has 0 radical (unpaired) electrons. The molecule has 0 heterocycles. The maximum Gasteiger partial charge on any atom is 0.148 e. The normalized spacial score (nSPS) is 11.4. The van der Waals surface area contributed by atoms with Crippen LogP contribution >= 0.6 is 55.1 Å². The molecular weight excluding hydrogens is 573 g/mol. The fraction of sp³-hybridized carbons (Fsp3) is 0.500. The molecule has 0 saturated heterocycles.